The lowest BCUT2D eigenvalue weighted by Gasteiger charge is -2.10. The molecule has 16 heavy (non-hydrogen) atoms. The molecule has 0 saturated heterocycles. The quantitative estimate of drug-likeness (QED) is 0.523. The summed E-state index contributed by atoms with van der Waals surface area (Å²) < 4.78 is 6.29. The molecule has 82 valence electrons. The van der Waals surface area contributed by atoms with Gasteiger partial charge < -0.3 is 10.5 Å². The van der Waals surface area contributed by atoms with E-state index in [1.54, 1.807) is 12.1 Å². The summed E-state index contributed by atoms with van der Waals surface area (Å²) in [4.78, 5) is 0. The van der Waals surface area contributed by atoms with Crippen molar-refractivity contribution in [2.45, 2.75) is 12.8 Å². The van der Waals surface area contributed by atoms with Gasteiger partial charge in [0.25, 0.3) is 0 Å². The molecule has 0 saturated carbocycles. The molecule has 2 N–H and O–H groups in total. The third-order valence-electron chi connectivity index (χ3n) is 1.88. The molecule has 0 atom stereocenters. The Morgan fingerprint density at radius 1 is 1.38 bits per heavy atom. The van der Waals surface area contributed by atoms with Crippen LogP contribution >= 0.6 is 22.6 Å². The van der Waals surface area contributed by atoms with Crippen molar-refractivity contribution < 1.29 is 4.74 Å². The van der Waals surface area contributed by atoms with E-state index in [1.807, 2.05) is 12.1 Å². The van der Waals surface area contributed by atoms with Crippen molar-refractivity contribution in [2.24, 2.45) is 0 Å². The van der Waals surface area contributed by atoms with Crippen LogP contribution in [0.5, 0.6) is 5.75 Å². The number of halogens is 1. The maximum atomic E-state index is 8.74. The van der Waals surface area contributed by atoms with Crippen LogP contribution in [0.25, 0.3) is 0 Å². The Balaban J connectivity index is 2.74. The van der Waals surface area contributed by atoms with E-state index in [-0.39, 0.29) is 0 Å². The second-order valence-electron chi connectivity index (χ2n) is 3.10. The van der Waals surface area contributed by atoms with Gasteiger partial charge in [0.05, 0.1) is 33.6 Å². The molecule has 4 nitrogen and oxygen atoms in total. The van der Waals surface area contributed by atoms with Gasteiger partial charge in [0, 0.05) is 6.42 Å². The van der Waals surface area contributed by atoms with E-state index in [0.717, 1.165) is 3.57 Å². The van der Waals surface area contributed by atoms with E-state index < -0.39 is 0 Å². The molecular formula is C11H10IN3O. The molecule has 0 radical (unpaired) electrons. The van der Waals surface area contributed by atoms with Gasteiger partial charge in [-0.3, -0.25) is 0 Å². The minimum Gasteiger partial charge on any atom is -0.490 e. The molecule has 0 spiro atoms. The van der Waals surface area contributed by atoms with Crippen LogP contribution < -0.4 is 10.5 Å². The van der Waals surface area contributed by atoms with Crippen LogP contribution in [-0.2, 0) is 0 Å². The highest BCUT2D eigenvalue weighted by Crippen LogP contribution is 2.29. The molecule has 0 aromatic heterocycles. The molecule has 0 unspecified atom stereocenters. The Labute approximate surface area is 108 Å². The lowest BCUT2D eigenvalue weighted by molar-refractivity contribution is 0.312. The van der Waals surface area contributed by atoms with Crippen molar-refractivity contribution in [3.63, 3.8) is 0 Å². The molecule has 0 fully saturated rings. The monoisotopic (exact) mass is 327 g/mol. The Morgan fingerprint density at radius 2 is 2.12 bits per heavy atom. The lowest BCUT2D eigenvalue weighted by atomic mass is 10.2. The van der Waals surface area contributed by atoms with Gasteiger partial charge in [-0.2, -0.15) is 10.5 Å². The standard InChI is InChI=1S/C11H10IN3O/c12-9-5-8(7-14)6-10(15)11(9)16-4-2-1-3-13/h5-6H,1-2,4,15H2. The number of benzene rings is 1. The minimum atomic E-state index is 0.458. The fourth-order valence-electron chi connectivity index (χ4n) is 1.16. The second kappa shape index (κ2) is 6.19. The van der Waals surface area contributed by atoms with Crippen LogP contribution in [0.1, 0.15) is 18.4 Å². The van der Waals surface area contributed by atoms with Crippen molar-refractivity contribution in [1.29, 1.82) is 10.5 Å². The van der Waals surface area contributed by atoms with Gasteiger partial charge in [0.2, 0.25) is 0 Å². The summed E-state index contributed by atoms with van der Waals surface area (Å²) in [6, 6.07) is 7.38. The Kier molecular flexibility index (Phi) is 4.87. The Hall–Kier alpha value is -1.47. The summed E-state index contributed by atoms with van der Waals surface area (Å²) in [7, 11) is 0. The summed E-state index contributed by atoms with van der Waals surface area (Å²) >= 11 is 2.07. The highest BCUT2D eigenvalue weighted by molar-refractivity contribution is 14.1. The normalized spacial score (nSPS) is 9.19. The van der Waals surface area contributed by atoms with Gasteiger partial charge >= 0.3 is 0 Å². The second-order valence-corrected chi connectivity index (χ2v) is 4.26. The fourth-order valence-corrected chi connectivity index (χ4v) is 1.96. The average molecular weight is 327 g/mol. The number of nitrogen functional groups attached to an aromatic ring is 1. The lowest BCUT2D eigenvalue weighted by Crippen LogP contribution is -2.02. The highest BCUT2D eigenvalue weighted by Gasteiger charge is 2.08. The van der Waals surface area contributed by atoms with Crippen molar-refractivity contribution in [3.05, 3.63) is 21.3 Å². The predicted octanol–water partition coefficient (Wildman–Crippen LogP) is 2.43. The topological polar surface area (TPSA) is 82.8 Å². The molecule has 1 rings (SSSR count). The summed E-state index contributed by atoms with van der Waals surface area (Å²) in [5.74, 6) is 0.595. The number of hydrogen-bond acceptors (Lipinski definition) is 4. The zero-order valence-electron chi connectivity index (χ0n) is 8.53. The van der Waals surface area contributed by atoms with E-state index in [0.29, 0.717) is 36.4 Å². The molecule has 5 heteroatoms. The van der Waals surface area contributed by atoms with Gasteiger partial charge in [0.1, 0.15) is 0 Å². The van der Waals surface area contributed by atoms with E-state index in [9.17, 15) is 0 Å². The van der Waals surface area contributed by atoms with E-state index >= 15 is 0 Å². The molecule has 0 aliphatic carbocycles. The van der Waals surface area contributed by atoms with E-state index in [2.05, 4.69) is 22.6 Å². The summed E-state index contributed by atoms with van der Waals surface area (Å²) in [5.41, 5.74) is 6.74. The maximum Gasteiger partial charge on any atom is 0.155 e. The number of nitrogens with zero attached hydrogens (tertiary/aromatic N) is 2. The molecule has 0 heterocycles. The van der Waals surface area contributed by atoms with Crippen LogP contribution in [0.15, 0.2) is 12.1 Å². The van der Waals surface area contributed by atoms with Gasteiger partial charge in [-0.15, -0.1) is 0 Å². The first-order chi connectivity index (χ1) is 7.69. The summed E-state index contributed by atoms with van der Waals surface area (Å²) in [6.45, 7) is 0.458. The SMILES string of the molecule is N#CCCCOc1c(N)cc(C#N)cc1I. The van der Waals surface area contributed by atoms with Crippen molar-refractivity contribution in [2.75, 3.05) is 12.3 Å². The van der Waals surface area contributed by atoms with Crippen molar-refractivity contribution in [3.8, 4) is 17.9 Å². The zero-order chi connectivity index (χ0) is 12.0. The van der Waals surface area contributed by atoms with Crippen LogP contribution in [0.4, 0.5) is 5.69 Å². The van der Waals surface area contributed by atoms with Crippen molar-refractivity contribution in [1.82, 2.24) is 0 Å². The number of hydrogen-bond donors (Lipinski definition) is 1. The van der Waals surface area contributed by atoms with Gasteiger partial charge in [-0.1, -0.05) is 0 Å². The number of nitriles is 2. The van der Waals surface area contributed by atoms with Crippen LogP contribution in [0.2, 0.25) is 0 Å². The molecule has 0 amide bonds. The molecule has 0 aliphatic rings. The van der Waals surface area contributed by atoms with Gasteiger partial charge in [0.15, 0.2) is 5.75 Å². The number of anilines is 1. The van der Waals surface area contributed by atoms with E-state index in [4.69, 9.17) is 21.0 Å². The number of rotatable bonds is 4. The Bertz CT molecular complexity index is 436. The number of ether oxygens (including phenoxy) is 1. The molecule has 1 aromatic rings. The molecular weight excluding hydrogens is 317 g/mol. The van der Waals surface area contributed by atoms with Crippen LogP contribution in [0.3, 0.4) is 0 Å². The first kappa shape index (κ1) is 12.6. The van der Waals surface area contributed by atoms with Crippen LogP contribution in [0, 0.1) is 26.2 Å². The largest absolute Gasteiger partial charge is 0.490 e. The van der Waals surface area contributed by atoms with E-state index in [1.165, 1.54) is 0 Å². The fraction of sp³-hybridized carbons (Fsp3) is 0.273. The number of nitrogens with two attached hydrogens (primary N) is 1. The summed E-state index contributed by atoms with van der Waals surface area (Å²) in [6.07, 6.45) is 1.14. The molecule has 1 aromatic carbocycles. The maximum absolute atomic E-state index is 8.74. The first-order valence-corrected chi connectivity index (χ1v) is 5.75. The third kappa shape index (κ3) is 3.28. The Morgan fingerprint density at radius 3 is 2.69 bits per heavy atom. The minimum absolute atomic E-state index is 0.458. The van der Waals surface area contributed by atoms with Crippen LogP contribution in [-0.4, -0.2) is 6.61 Å². The van der Waals surface area contributed by atoms with Gasteiger partial charge in [-0.25, -0.2) is 0 Å². The molecule has 0 aliphatic heterocycles. The third-order valence-corrected chi connectivity index (χ3v) is 2.68. The first-order valence-electron chi connectivity index (χ1n) is 4.68. The zero-order valence-corrected chi connectivity index (χ0v) is 10.7. The summed E-state index contributed by atoms with van der Waals surface area (Å²) in [5, 5.41) is 17.1. The average Bonchev–Trinajstić information content (AvgIpc) is 2.26. The van der Waals surface area contributed by atoms with Crippen molar-refractivity contribution >= 4 is 28.3 Å². The smallest absolute Gasteiger partial charge is 0.155 e. The predicted molar refractivity (Wildman–Crippen MR) is 68.6 cm³/mol. The molecule has 0 bridgehead atoms. The van der Waals surface area contributed by atoms with Gasteiger partial charge in [-0.05, 0) is 41.1 Å². The number of unbranched alkanes of at least 4 members (excludes halogenated alkanes) is 1. The highest BCUT2D eigenvalue weighted by atomic mass is 127.